The zero-order chi connectivity index (χ0) is 27.3. The molecule has 196 valence electrons. The van der Waals surface area contributed by atoms with E-state index in [4.69, 9.17) is 0 Å². The van der Waals surface area contributed by atoms with Crippen LogP contribution in [-0.4, -0.2) is 5.75 Å². The van der Waals surface area contributed by atoms with Crippen molar-refractivity contribution in [3.63, 3.8) is 0 Å². The minimum atomic E-state index is 0.873. The summed E-state index contributed by atoms with van der Waals surface area (Å²) in [4.78, 5) is 3.67. The Hall–Kier alpha value is -4.23. The van der Waals surface area contributed by atoms with E-state index in [-0.39, 0.29) is 0 Å². The topological polar surface area (TPSA) is 3.24 Å². The molecule has 0 aromatic heterocycles. The minimum absolute atomic E-state index is 0.873. The Bertz CT molecular complexity index is 1670. The van der Waals surface area contributed by atoms with Crippen molar-refractivity contribution >= 4 is 39.2 Å². The van der Waals surface area contributed by atoms with Gasteiger partial charge in [-0.05, 0) is 72.2 Å². The fourth-order valence-electron chi connectivity index (χ4n) is 5.58. The van der Waals surface area contributed by atoms with Crippen molar-refractivity contribution in [1.82, 2.24) is 0 Å². The van der Waals surface area contributed by atoms with E-state index in [1.807, 2.05) is 11.8 Å². The highest BCUT2D eigenvalue weighted by Crippen LogP contribution is 2.47. The molecule has 1 nitrogen and oxygen atoms in total. The van der Waals surface area contributed by atoms with Gasteiger partial charge < -0.3 is 4.90 Å². The summed E-state index contributed by atoms with van der Waals surface area (Å²) in [6.45, 7) is 6.29. The van der Waals surface area contributed by atoms with Crippen LogP contribution in [0.25, 0.3) is 16.1 Å². The van der Waals surface area contributed by atoms with Crippen LogP contribution < -0.4 is 4.90 Å². The highest BCUT2D eigenvalue weighted by molar-refractivity contribution is 8.08. The average Bonchev–Trinajstić information content (AvgIpc) is 3.23. The smallest absolute Gasteiger partial charge is 0.0964 e. The molecule has 2 aliphatic heterocycles. The number of aryl methyl sites for hydroxylation is 1. The number of thioether (sulfide) groups is 1. The molecular formula is C38H33NS. The van der Waals surface area contributed by atoms with Crippen LogP contribution in [0.3, 0.4) is 0 Å². The molecule has 0 fully saturated rings. The van der Waals surface area contributed by atoms with Gasteiger partial charge in [0, 0.05) is 27.5 Å². The van der Waals surface area contributed by atoms with E-state index < -0.39 is 0 Å². The van der Waals surface area contributed by atoms with Gasteiger partial charge in [0.15, 0.2) is 0 Å². The molecule has 3 aliphatic rings. The van der Waals surface area contributed by atoms with Crippen molar-refractivity contribution in [3.05, 3.63) is 167 Å². The Labute approximate surface area is 242 Å². The van der Waals surface area contributed by atoms with E-state index in [1.165, 1.54) is 38.3 Å². The molecule has 0 N–H and O–H groups in total. The molecule has 0 atom stereocenters. The third kappa shape index (κ3) is 5.17. The minimum Gasteiger partial charge on any atom is -0.302 e. The molecule has 6 rings (SSSR count). The van der Waals surface area contributed by atoms with Crippen molar-refractivity contribution in [1.29, 1.82) is 0 Å². The summed E-state index contributed by atoms with van der Waals surface area (Å²) >= 11 is 1.91. The van der Waals surface area contributed by atoms with Gasteiger partial charge in [0.05, 0.1) is 11.4 Å². The van der Waals surface area contributed by atoms with Crippen LogP contribution in [0.2, 0.25) is 0 Å². The summed E-state index contributed by atoms with van der Waals surface area (Å²) in [5.41, 5.74) is 15.3. The van der Waals surface area contributed by atoms with Gasteiger partial charge in [0.2, 0.25) is 0 Å². The van der Waals surface area contributed by atoms with Gasteiger partial charge in [-0.1, -0.05) is 110 Å². The number of para-hydroxylation sites is 2. The second-order valence-corrected chi connectivity index (χ2v) is 11.2. The first-order valence-corrected chi connectivity index (χ1v) is 15.0. The molecule has 1 aliphatic carbocycles. The van der Waals surface area contributed by atoms with E-state index in [1.54, 1.807) is 0 Å². The summed E-state index contributed by atoms with van der Waals surface area (Å²) < 4.78 is 0. The Kier molecular flexibility index (Phi) is 7.73. The summed E-state index contributed by atoms with van der Waals surface area (Å²) in [7, 11) is 0. The van der Waals surface area contributed by atoms with E-state index in [9.17, 15) is 0 Å². The first kappa shape index (κ1) is 26.0. The molecule has 0 radical (unpaired) electrons. The van der Waals surface area contributed by atoms with Gasteiger partial charge in [-0.25, -0.2) is 0 Å². The molecule has 3 aromatic rings. The predicted octanol–water partition coefficient (Wildman–Crippen LogP) is 10.6. The van der Waals surface area contributed by atoms with Crippen LogP contribution in [0.15, 0.2) is 145 Å². The summed E-state index contributed by atoms with van der Waals surface area (Å²) in [6.07, 6.45) is 21.1. The van der Waals surface area contributed by atoms with E-state index in [0.717, 1.165) is 47.7 Å². The second kappa shape index (κ2) is 11.9. The molecule has 0 amide bonds. The van der Waals surface area contributed by atoms with Gasteiger partial charge in [-0.15, -0.1) is 17.5 Å². The van der Waals surface area contributed by atoms with Crippen LogP contribution in [0.5, 0.6) is 0 Å². The van der Waals surface area contributed by atoms with Crippen molar-refractivity contribution in [2.45, 2.75) is 26.2 Å². The van der Waals surface area contributed by atoms with Crippen LogP contribution in [0, 0.1) is 6.92 Å². The van der Waals surface area contributed by atoms with Gasteiger partial charge in [-0.3, -0.25) is 0 Å². The predicted molar refractivity (Wildman–Crippen MR) is 175 cm³/mol. The molecule has 0 spiro atoms. The fourth-order valence-corrected chi connectivity index (χ4v) is 6.50. The molecular weight excluding hydrogens is 502 g/mol. The molecule has 0 saturated heterocycles. The van der Waals surface area contributed by atoms with E-state index in [0.29, 0.717) is 0 Å². The first-order valence-electron chi connectivity index (χ1n) is 14.0. The van der Waals surface area contributed by atoms with E-state index in [2.05, 4.69) is 146 Å². The Morgan fingerprint density at radius 2 is 1.52 bits per heavy atom. The van der Waals surface area contributed by atoms with Crippen molar-refractivity contribution in [3.8, 4) is 0 Å². The number of fused-ring (bicyclic) bond motifs is 2. The van der Waals surface area contributed by atoms with Gasteiger partial charge >= 0.3 is 0 Å². The number of nitrogens with zero attached hydrogens (tertiary/aromatic N) is 1. The van der Waals surface area contributed by atoms with Crippen molar-refractivity contribution in [2.75, 3.05) is 10.7 Å². The third-order valence-electron chi connectivity index (χ3n) is 7.59. The number of hydrogen-bond acceptors (Lipinski definition) is 2. The molecule has 0 bridgehead atoms. The Balaban J connectivity index is 1.39. The zero-order valence-corrected chi connectivity index (χ0v) is 23.8. The molecule has 0 unspecified atom stereocenters. The number of anilines is 2. The lowest BCUT2D eigenvalue weighted by molar-refractivity contribution is 1.06. The average molecular weight is 536 g/mol. The Morgan fingerprint density at radius 3 is 2.35 bits per heavy atom. The summed E-state index contributed by atoms with van der Waals surface area (Å²) in [5, 5.41) is 0. The molecule has 0 saturated carbocycles. The largest absolute Gasteiger partial charge is 0.302 e. The number of rotatable bonds is 3. The third-order valence-corrected chi connectivity index (χ3v) is 8.66. The maximum atomic E-state index is 4.13. The van der Waals surface area contributed by atoms with Crippen LogP contribution >= 0.6 is 11.8 Å². The molecule has 3 aromatic carbocycles. The Morgan fingerprint density at radius 1 is 0.775 bits per heavy atom. The number of hydrogen-bond donors (Lipinski definition) is 0. The number of benzene rings is 3. The monoisotopic (exact) mass is 535 g/mol. The number of allylic oxidation sites excluding steroid dienone is 9. The zero-order valence-electron chi connectivity index (χ0n) is 22.9. The van der Waals surface area contributed by atoms with Gasteiger partial charge in [0.25, 0.3) is 0 Å². The van der Waals surface area contributed by atoms with Crippen LogP contribution in [-0.2, 0) is 0 Å². The quantitative estimate of drug-likeness (QED) is 0.307. The van der Waals surface area contributed by atoms with E-state index >= 15 is 0 Å². The maximum absolute atomic E-state index is 4.13. The van der Waals surface area contributed by atoms with Crippen LogP contribution in [0.1, 0.15) is 41.5 Å². The SMILES string of the molecule is C=C=C1C2=C(C=C(c3ccc(/C4=C/CC/C=C\C=C/CS4)cc3)CC=C2)c2ccccc2N1c1ccccc1C. The molecule has 2 heteroatoms. The summed E-state index contributed by atoms with van der Waals surface area (Å²) in [5.74, 6) is 0.989. The first-order chi connectivity index (χ1) is 19.7. The highest BCUT2D eigenvalue weighted by atomic mass is 32.2. The highest BCUT2D eigenvalue weighted by Gasteiger charge is 2.29. The van der Waals surface area contributed by atoms with Gasteiger partial charge in [0.1, 0.15) is 0 Å². The second-order valence-electron chi connectivity index (χ2n) is 10.2. The molecule has 2 heterocycles. The fraction of sp³-hybridized carbons (Fsp3) is 0.132. The van der Waals surface area contributed by atoms with Crippen LogP contribution in [0.4, 0.5) is 11.4 Å². The molecule has 40 heavy (non-hydrogen) atoms. The normalized spacial score (nSPS) is 19.8. The maximum Gasteiger partial charge on any atom is 0.0964 e. The lowest BCUT2D eigenvalue weighted by Gasteiger charge is -2.35. The summed E-state index contributed by atoms with van der Waals surface area (Å²) in [6, 6.07) is 26.4. The standard InChI is InChI=1S/C38H33NS/c1-3-35-32-18-14-16-31(29-22-24-30(25-23-29)38-21-8-6-4-5-7-13-26-40-38)27-34(32)33-17-10-12-20-37(33)39(35)36-19-11-9-15-28(36)2/h4-5,7,9-15,17-25,27H,1,6,8,16,26H2,2H3/b5-4-,13-7-,38-21-. The lowest BCUT2D eigenvalue weighted by atomic mass is 9.89. The van der Waals surface area contributed by atoms with Crippen molar-refractivity contribution < 1.29 is 0 Å². The van der Waals surface area contributed by atoms with Crippen molar-refractivity contribution in [2.24, 2.45) is 0 Å². The van der Waals surface area contributed by atoms with Gasteiger partial charge in [-0.2, -0.15) is 0 Å². The lowest BCUT2D eigenvalue weighted by Crippen LogP contribution is -2.23.